The monoisotopic (exact) mass is 1020 g/mol. The van der Waals surface area contributed by atoms with Gasteiger partial charge in [0.15, 0.2) is 6.10 Å². The summed E-state index contributed by atoms with van der Waals surface area (Å²) in [5.74, 6) is -0.794. The molecule has 0 aliphatic rings. The van der Waals surface area contributed by atoms with Gasteiger partial charge in [-0.1, -0.05) is 236 Å². The molecular weight excluding hydrogens is 906 g/mol. The first-order valence-electron chi connectivity index (χ1n) is 29.9. The average Bonchev–Trinajstić information content (AvgIpc) is 3.33. The first-order chi connectivity index (χ1) is 34.5. The van der Waals surface area contributed by atoms with Gasteiger partial charge in [-0.15, -0.1) is 0 Å². The molecule has 0 spiro atoms. The summed E-state index contributed by atoms with van der Waals surface area (Å²) in [7, 11) is 1.48. The van der Waals surface area contributed by atoms with Gasteiger partial charge in [0.2, 0.25) is 0 Å². The number of hydrogen-bond acceptors (Lipinski definition) is 7. The number of phosphoric ester groups is 1. The number of carbonyl (C=O) groups excluding carboxylic acids is 2. The molecule has 0 fully saturated rings. The number of hydrogen-bond donors (Lipinski definition) is 1. The van der Waals surface area contributed by atoms with E-state index in [9.17, 15) is 19.0 Å². The van der Waals surface area contributed by atoms with Crippen molar-refractivity contribution in [1.29, 1.82) is 0 Å². The van der Waals surface area contributed by atoms with Crippen molar-refractivity contribution in [2.75, 3.05) is 47.5 Å². The van der Waals surface area contributed by atoms with E-state index in [1.54, 1.807) is 0 Å². The van der Waals surface area contributed by atoms with Crippen LogP contribution in [0.3, 0.4) is 0 Å². The summed E-state index contributed by atoms with van der Waals surface area (Å²) in [6, 6.07) is 0. The summed E-state index contributed by atoms with van der Waals surface area (Å²) in [4.78, 5) is 35.7. The molecule has 0 amide bonds. The second-order valence-electron chi connectivity index (χ2n) is 21.4. The zero-order chi connectivity index (χ0) is 52.0. The van der Waals surface area contributed by atoms with E-state index in [4.69, 9.17) is 18.5 Å². The average molecular weight is 1020 g/mol. The number of unbranched alkanes of at least 4 members (excludes halogenated alkanes) is 33. The van der Waals surface area contributed by atoms with Gasteiger partial charge in [0.05, 0.1) is 27.7 Å². The molecule has 0 bridgehead atoms. The van der Waals surface area contributed by atoms with Gasteiger partial charge in [-0.25, -0.2) is 4.57 Å². The van der Waals surface area contributed by atoms with Crippen molar-refractivity contribution in [2.24, 2.45) is 0 Å². The number of quaternary nitrogens is 1. The largest absolute Gasteiger partial charge is 0.472 e. The van der Waals surface area contributed by atoms with E-state index in [0.717, 1.165) is 44.9 Å². The van der Waals surface area contributed by atoms with Gasteiger partial charge in [-0.2, -0.15) is 0 Å². The van der Waals surface area contributed by atoms with E-state index in [2.05, 4.69) is 62.5 Å². The highest BCUT2D eigenvalue weighted by atomic mass is 31.2. The minimum absolute atomic E-state index is 0.0311. The Bertz CT molecular complexity index is 1340. The van der Waals surface area contributed by atoms with Crippen LogP contribution < -0.4 is 0 Å². The molecule has 0 rings (SSSR count). The molecule has 9 nitrogen and oxygen atoms in total. The van der Waals surface area contributed by atoms with Crippen molar-refractivity contribution in [3.63, 3.8) is 0 Å². The van der Waals surface area contributed by atoms with Crippen molar-refractivity contribution in [2.45, 2.75) is 283 Å². The van der Waals surface area contributed by atoms with Crippen LogP contribution in [0.4, 0.5) is 0 Å². The van der Waals surface area contributed by atoms with Crippen molar-refractivity contribution in [3.8, 4) is 0 Å². The number of allylic oxidation sites excluding steroid dienone is 8. The Labute approximate surface area is 439 Å². The van der Waals surface area contributed by atoms with Crippen LogP contribution in [0.1, 0.15) is 277 Å². The summed E-state index contributed by atoms with van der Waals surface area (Å²) in [6.45, 7) is 4.44. The Kier molecular flexibility index (Phi) is 51.3. The first kappa shape index (κ1) is 69.0. The topological polar surface area (TPSA) is 108 Å². The van der Waals surface area contributed by atoms with Crippen molar-refractivity contribution in [3.05, 3.63) is 48.6 Å². The Morgan fingerprint density at radius 1 is 0.437 bits per heavy atom. The van der Waals surface area contributed by atoms with Crippen LogP contribution in [-0.2, 0) is 32.7 Å². The van der Waals surface area contributed by atoms with E-state index in [1.165, 1.54) is 199 Å². The molecule has 10 heteroatoms. The van der Waals surface area contributed by atoms with Crippen molar-refractivity contribution < 1.29 is 42.1 Å². The zero-order valence-electron chi connectivity index (χ0n) is 47.2. The SMILES string of the molecule is CCCCCCC/C=C\C/C=C\C/C=C\CCCCCCCCCCCCCCCCC(=O)OC(COC(=O)CCCCCCCCC/C=C\CCCCCCCCC)COP(=O)(O)OCC[N+](C)(C)C. The second kappa shape index (κ2) is 52.8. The van der Waals surface area contributed by atoms with Gasteiger partial charge in [0.25, 0.3) is 0 Å². The molecule has 0 aromatic carbocycles. The van der Waals surface area contributed by atoms with Crippen LogP contribution in [0.5, 0.6) is 0 Å². The molecule has 0 heterocycles. The van der Waals surface area contributed by atoms with Gasteiger partial charge in [-0.05, 0) is 77.0 Å². The Balaban J connectivity index is 4.12. The summed E-state index contributed by atoms with van der Waals surface area (Å²) in [5.41, 5.74) is 0. The van der Waals surface area contributed by atoms with Gasteiger partial charge in [0.1, 0.15) is 19.8 Å². The van der Waals surface area contributed by atoms with Gasteiger partial charge < -0.3 is 18.9 Å². The molecule has 71 heavy (non-hydrogen) atoms. The number of rotatable bonds is 55. The standard InChI is InChI=1S/C61H114NO8P/c1-6-8-10-12-14-16-18-20-22-24-26-27-28-29-30-31-32-33-34-35-36-38-40-42-44-46-48-50-52-54-61(64)70-59(58-69-71(65,66)68-56-55-62(3,4)5)57-67-60(63)53-51-49-47-45-43-41-39-37-25-23-21-19-17-15-13-11-9-7-2/h18,20,23-26,28-29,59H,6-17,19,21-22,27,30-58H2,1-5H3/p+1/b20-18-,25-23-,26-24-,29-28-. The molecule has 0 aromatic rings. The van der Waals surface area contributed by atoms with Crippen molar-refractivity contribution >= 4 is 19.8 Å². The number of esters is 2. The zero-order valence-corrected chi connectivity index (χ0v) is 48.1. The van der Waals surface area contributed by atoms with E-state index >= 15 is 0 Å². The van der Waals surface area contributed by atoms with Gasteiger partial charge in [0, 0.05) is 12.8 Å². The molecule has 416 valence electrons. The fraction of sp³-hybridized carbons (Fsp3) is 0.836. The highest BCUT2D eigenvalue weighted by Crippen LogP contribution is 2.43. The fourth-order valence-electron chi connectivity index (χ4n) is 8.43. The van der Waals surface area contributed by atoms with E-state index < -0.39 is 26.5 Å². The Morgan fingerprint density at radius 2 is 0.761 bits per heavy atom. The summed E-state index contributed by atoms with van der Waals surface area (Å²) in [6.07, 6.45) is 66.1. The minimum Gasteiger partial charge on any atom is -0.462 e. The predicted octanol–water partition coefficient (Wildman–Crippen LogP) is 18.5. The normalized spacial score (nSPS) is 13.6. The lowest BCUT2D eigenvalue weighted by Crippen LogP contribution is -2.37. The first-order valence-corrected chi connectivity index (χ1v) is 31.4. The maximum Gasteiger partial charge on any atom is 0.472 e. The van der Waals surface area contributed by atoms with Crippen LogP contribution >= 0.6 is 7.82 Å². The van der Waals surface area contributed by atoms with Crippen LogP contribution in [0, 0.1) is 0 Å². The molecule has 0 aromatic heterocycles. The van der Waals surface area contributed by atoms with Crippen LogP contribution in [0.25, 0.3) is 0 Å². The summed E-state index contributed by atoms with van der Waals surface area (Å²) < 4.78 is 34.6. The summed E-state index contributed by atoms with van der Waals surface area (Å²) in [5, 5.41) is 0. The van der Waals surface area contributed by atoms with Crippen LogP contribution in [0.15, 0.2) is 48.6 Å². The smallest absolute Gasteiger partial charge is 0.462 e. The number of nitrogens with zero attached hydrogens (tertiary/aromatic N) is 1. The maximum atomic E-state index is 12.8. The quantitative estimate of drug-likeness (QED) is 0.0211. The summed E-state index contributed by atoms with van der Waals surface area (Å²) >= 11 is 0. The highest BCUT2D eigenvalue weighted by molar-refractivity contribution is 7.47. The molecule has 0 saturated carbocycles. The molecule has 1 N–H and O–H groups in total. The third kappa shape index (κ3) is 57.1. The van der Waals surface area contributed by atoms with Gasteiger partial charge in [-0.3, -0.25) is 18.6 Å². The molecule has 2 atom stereocenters. The predicted molar refractivity (Wildman–Crippen MR) is 303 cm³/mol. The number of likely N-dealkylation sites (N-methyl/N-ethyl adjacent to an activating group) is 1. The maximum absolute atomic E-state index is 12.8. The molecule has 2 unspecified atom stereocenters. The molecule has 0 aliphatic carbocycles. The van der Waals surface area contributed by atoms with E-state index in [1.807, 2.05) is 21.1 Å². The molecular formula is C61H115NO8P+. The third-order valence-electron chi connectivity index (χ3n) is 13.1. The fourth-order valence-corrected chi connectivity index (χ4v) is 9.17. The number of carbonyl (C=O) groups is 2. The van der Waals surface area contributed by atoms with Gasteiger partial charge >= 0.3 is 19.8 Å². The Morgan fingerprint density at radius 3 is 1.14 bits per heavy atom. The van der Waals surface area contributed by atoms with E-state index in [-0.39, 0.29) is 32.0 Å². The lowest BCUT2D eigenvalue weighted by atomic mass is 10.0. The molecule has 0 aliphatic heterocycles. The van der Waals surface area contributed by atoms with Crippen molar-refractivity contribution in [1.82, 2.24) is 0 Å². The van der Waals surface area contributed by atoms with Crippen LogP contribution in [-0.4, -0.2) is 74.9 Å². The highest BCUT2D eigenvalue weighted by Gasteiger charge is 2.27. The van der Waals surface area contributed by atoms with E-state index in [0.29, 0.717) is 17.4 Å². The third-order valence-corrected chi connectivity index (χ3v) is 14.1. The minimum atomic E-state index is -4.39. The lowest BCUT2D eigenvalue weighted by molar-refractivity contribution is -0.870. The second-order valence-corrected chi connectivity index (χ2v) is 22.8. The van der Waals surface area contributed by atoms with Crippen LogP contribution in [0.2, 0.25) is 0 Å². The lowest BCUT2D eigenvalue weighted by Gasteiger charge is -2.24. The molecule has 0 saturated heterocycles. The molecule has 0 radical (unpaired) electrons. The number of ether oxygens (including phenoxy) is 2. The number of phosphoric acid groups is 1. The Hall–Kier alpha value is -2.03.